The molecule has 0 bridgehead atoms. The predicted molar refractivity (Wildman–Crippen MR) is 66.3 cm³/mol. The summed E-state index contributed by atoms with van der Waals surface area (Å²) in [6.45, 7) is 3.60. The second kappa shape index (κ2) is 5.77. The van der Waals surface area contributed by atoms with Crippen LogP contribution in [0, 0.1) is 16.0 Å². The number of nitrogens with zero attached hydrogens (tertiary/aromatic N) is 1. The molecule has 1 atom stereocenters. The SMILES string of the molecule is CC(C)C(Cl)Cc1ccc([N+](=O)[O-])cc1C(F)(F)F. The molecule has 1 aromatic carbocycles. The van der Waals surface area contributed by atoms with Crippen LogP contribution in [0.2, 0.25) is 0 Å². The Bertz CT molecular complexity index is 475. The summed E-state index contributed by atoms with van der Waals surface area (Å²) < 4.78 is 38.6. The van der Waals surface area contributed by atoms with E-state index in [1.54, 1.807) is 13.8 Å². The predicted octanol–water partition coefficient (Wildman–Crippen LogP) is 4.42. The van der Waals surface area contributed by atoms with E-state index in [4.69, 9.17) is 11.6 Å². The fourth-order valence-corrected chi connectivity index (χ4v) is 1.73. The quantitative estimate of drug-likeness (QED) is 0.469. The highest BCUT2D eigenvalue weighted by molar-refractivity contribution is 6.20. The van der Waals surface area contributed by atoms with E-state index in [2.05, 4.69) is 0 Å². The Kier molecular flexibility index (Phi) is 4.79. The number of non-ortho nitro benzene ring substituents is 1. The van der Waals surface area contributed by atoms with Crippen LogP contribution >= 0.6 is 11.6 Å². The molecule has 0 aliphatic heterocycles. The van der Waals surface area contributed by atoms with E-state index in [0.717, 1.165) is 12.1 Å². The van der Waals surface area contributed by atoms with Gasteiger partial charge >= 0.3 is 6.18 Å². The Morgan fingerprint density at radius 1 is 1.37 bits per heavy atom. The van der Waals surface area contributed by atoms with Crippen molar-refractivity contribution >= 4 is 17.3 Å². The van der Waals surface area contributed by atoms with Gasteiger partial charge in [-0.25, -0.2) is 0 Å². The van der Waals surface area contributed by atoms with Gasteiger partial charge in [0.05, 0.1) is 10.5 Å². The van der Waals surface area contributed by atoms with Crippen molar-refractivity contribution in [3.63, 3.8) is 0 Å². The van der Waals surface area contributed by atoms with Crippen LogP contribution in [0.1, 0.15) is 25.0 Å². The largest absolute Gasteiger partial charge is 0.416 e. The van der Waals surface area contributed by atoms with Gasteiger partial charge < -0.3 is 0 Å². The summed E-state index contributed by atoms with van der Waals surface area (Å²) in [4.78, 5) is 9.69. The van der Waals surface area contributed by atoms with Gasteiger partial charge in [0.15, 0.2) is 0 Å². The lowest BCUT2D eigenvalue weighted by molar-refractivity contribution is -0.385. The van der Waals surface area contributed by atoms with Crippen LogP contribution in [-0.2, 0) is 12.6 Å². The van der Waals surface area contributed by atoms with E-state index < -0.39 is 27.7 Å². The van der Waals surface area contributed by atoms with Crippen molar-refractivity contribution < 1.29 is 18.1 Å². The Hall–Kier alpha value is -1.30. The van der Waals surface area contributed by atoms with Gasteiger partial charge in [0.2, 0.25) is 0 Å². The Morgan fingerprint density at radius 3 is 2.37 bits per heavy atom. The molecule has 0 amide bonds. The first kappa shape index (κ1) is 15.8. The Labute approximate surface area is 113 Å². The molecule has 0 aliphatic rings. The third-order valence-corrected chi connectivity index (χ3v) is 3.41. The molecule has 1 rings (SSSR count). The van der Waals surface area contributed by atoms with E-state index in [9.17, 15) is 23.3 Å². The van der Waals surface area contributed by atoms with Gasteiger partial charge in [0.25, 0.3) is 5.69 Å². The highest BCUT2D eigenvalue weighted by Gasteiger charge is 2.35. The summed E-state index contributed by atoms with van der Waals surface area (Å²) >= 11 is 5.97. The van der Waals surface area contributed by atoms with Gasteiger partial charge in [-0.3, -0.25) is 10.1 Å². The zero-order valence-corrected chi connectivity index (χ0v) is 11.1. The number of benzene rings is 1. The molecule has 1 unspecified atom stereocenters. The van der Waals surface area contributed by atoms with E-state index in [0.29, 0.717) is 6.07 Å². The minimum absolute atomic E-state index is 0.0120. The molecule has 0 aliphatic carbocycles. The summed E-state index contributed by atoms with van der Waals surface area (Å²) in [5.74, 6) is 0.0120. The minimum Gasteiger partial charge on any atom is -0.258 e. The first-order valence-corrected chi connectivity index (χ1v) is 6.05. The number of halogens is 4. The molecule has 0 fully saturated rings. The molecule has 106 valence electrons. The van der Waals surface area contributed by atoms with Crippen molar-refractivity contribution in [3.05, 3.63) is 39.4 Å². The van der Waals surface area contributed by atoms with Gasteiger partial charge in [-0.05, 0) is 17.9 Å². The molecule has 0 saturated carbocycles. The average Bonchev–Trinajstić information content (AvgIpc) is 2.27. The van der Waals surface area contributed by atoms with Crippen molar-refractivity contribution in [1.82, 2.24) is 0 Å². The normalized spacial score (nSPS) is 13.6. The molecule has 3 nitrogen and oxygen atoms in total. The zero-order valence-electron chi connectivity index (χ0n) is 10.4. The van der Waals surface area contributed by atoms with Gasteiger partial charge in [-0.15, -0.1) is 11.6 Å². The number of rotatable bonds is 4. The number of nitro benzene ring substituents is 1. The average molecular weight is 296 g/mol. The summed E-state index contributed by atoms with van der Waals surface area (Å²) in [5, 5.41) is 10.1. The Morgan fingerprint density at radius 2 is 1.95 bits per heavy atom. The Balaban J connectivity index is 3.20. The van der Waals surface area contributed by atoms with Crippen LogP contribution in [0.5, 0.6) is 0 Å². The molecule has 0 radical (unpaired) electrons. The second-order valence-electron chi connectivity index (χ2n) is 4.56. The standard InChI is InChI=1S/C12H13ClF3NO2/c1-7(2)11(13)5-8-3-4-9(17(18)19)6-10(8)12(14,15)16/h3-4,6-7,11H,5H2,1-2H3. The molecule has 7 heteroatoms. The van der Waals surface area contributed by atoms with Crippen LogP contribution in [0.3, 0.4) is 0 Å². The van der Waals surface area contributed by atoms with Crippen molar-refractivity contribution in [2.24, 2.45) is 5.92 Å². The summed E-state index contributed by atoms with van der Waals surface area (Å²) in [5.41, 5.74) is -1.59. The second-order valence-corrected chi connectivity index (χ2v) is 5.12. The van der Waals surface area contributed by atoms with Crippen LogP contribution in [0.15, 0.2) is 18.2 Å². The van der Waals surface area contributed by atoms with E-state index in [1.165, 1.54) is 0 Å². The third-order valence-electron chi connectivity index (χ3n) is 2.75. The van der Waals surface area contributed by atoms with Crippen molar-refractivity contribution in [2.45, 2.75) is 31.8 Å². The van der Waals surface area contributed by atoms with Gasteiger partial charge in [-0.2, -0.15) is 13.2 Å². The van der Waals surface area contributed by atoms with Gasteiger partial charge in [-0.1, -0.05) is 19.9 Å². The van der Waals surface area contributed by atoms with Gasteiger partial charge in [0.1, 0.15) is 0 Å². The highest BCUT2D eigenvalue weighted by Crippen LogP contribution is 2.35. The van der Waals surface area contributed by atoms with Crippen molar-refractivity contribution in [1.29, 1.82) is 0 Å². The molecule has 1 aromatic rings. The molecule has 0 saturated heterocycles. The number of alkyl halides is 4. The first-order chi connectivity index (χ1) is 8.62. The summed E-state index contributed by atoms with van der Waals surface area (Å²) in [6, 6.07) is 2.74. The third kappa shape index (κ3) is 4.09. The number of hydrogen-bond donors (Lipinski definition) is 0. The minimum atomic E-state index is -4.63. The van der Waals surface area contributed by atoms with Crippen molar-refractivity contribution in [2.75, 3.05) is 0 Å². The van der Waals surface area contributed by atoms with Crippen LogP contribution in [0.4, 0.5) is 18.9 Å². The molecular weight excluding hydrogens is 283 g/mol. The molecule has 0 N–H and O–H groups in total. The number of nitro groups is 1. The fraction of sp³-hybridized carbons (Fsp3) is 0.500. The maximum atomic E-state index is 12.9. The van der Waals surface area contributed by atoms with Crippen LogP contribution in [0.25, 0.3) is 0 Å². The summed E-state index contributed by atoms with van der Waals surface area (Å²) in [7, 11) is 0. The van der Waals surface area contributed by atoms with E-state index >= 15 is 0 Å². The molecule has 19 heavy (non-hydrogen) atoms. The van der Waals surface area contributed by atoms with E-state index in [-0.39, 0.29) is 17.9 Å². The fourth-order valence-electron chi connectivity index (χ4n) is 1.57. The lowest BCUT2D eigenvalue weighted by atomic mass is 9.97. The molecule has 0 heterocycles. The lowest BCUT2D eigenvalue weighted by Crippen LogP contribution is -2.16. The first-order valence-electron chi connectivity index (χ1n) is 5.61. The maximum Gasteiger partial charge on any atom is 0.416 e. The zero-order chi connectivity index (χ0) is 14.8. The number of hydrogen-bond acceptors (Lipinski definition) is 2. The lowest BCUT2D eigenvalue weighted by Gasteiger charge is -2.17. The molecule has 0 aromatic heterocycles. The highest BCUT2D eigenvalue weighted by atomic mass is 35.5. The van der Waals surface area contributed by atoms with Gasteiger partial charge in [0, 0.05) is 17.5 Å². The van der Waals surface area contributed by atoms with Crippen LogP contribution < -0.4 is 0 Å². The molecular formula is C12H13ClF3NO2. The van der Waals surface area contributed by atoms with Crippen molar-refractivity contribution in [3.8, 4) is 0 Å². The summed E-state index contributed by atoms with van der Waals surface area (Å²) in [6.07, 6.45) is -4.61. The van der Waals surface area contributed by atoms with Crippen LogP contribution in [-0.4, -0.2) is 10.3 Å². The maximum absolute atomic E-state index is 12.9. The topological polar surface area (TPSA) is 43.1 Å². The smallest absolute Gasteiger partial charge is 0.258 e. The molecule has 0 spiro atoms. The van der Waals surface area contributed by atoms with E-state index in [1.807, 2.05) is 0 Å². The monoisotopic (exact) mass is 295 g/mol.